The van der Waals surface area contributed by atoms with E-state index < -0.39 is 29.6 Å². The number of likely N-dealkylation sites (tertiary alicyclic amines) is 1. The number of carbonyl (C=O) groups excluding carboxylic acids is 3. The van der Waals surface area contributed by atoms with Crippen LogP contribution in [0.4, 0.5) is 11.4 Å². The predicted molar refractivity (Wildman–Crippen MR) is 131 cm³/mol. The number of aliphatic hydroxyl groups excluding tert-OH is 1. The molecule has 5 rings (SSSR count). The number of unbranched alkanes of at least 4 members (excludes halogenated alkanes) is 1. The number of anilines is 2. The second-order valence-electron chi connectivity index (χ2n) is 9.34. The SMILES string of the molecule is O=C(Nc1ccccc1Cl)C1N(CCCCO)C(=O)[C@@H]2[C@@H](C(=O)Nc3ccccc3)[C@H]3CCC12O3. The lowest BCUT2D eigenvalue weighted by atomic mass is 9.70. The molecular formula is C26H28ClN3O5. The summed E-state index contributed by atoms with van der Waals surface area (Å²) in [4.78, 5) is 42.3. The van der Waals surface area contributed by atoms with E-state index in [0.29, 0.717) is 48.6 Å². The Morgan fingerprint density at radius 3 is 2.54 bits per heavy atom. The lowest BCUT2D eigenvalue weighted by Gasteiger charge is -2.33. The number of para-hydroxylation sites is 2. The van der Waals surface area contributed by atoms with Gasteiger partial charge in [-0.25, -0.2) is 0 Å². The zero-order chi connectivity index (χ0) is 24.6. The van der Waals surface area contributed by atoms with Gasteiger partial charge in [0, 0.05) is 18.8 Å². The maximum Gasteiger partial charge on any atom is 0.250 e. The third kappa shape index (κ3) is 4.09. The molecular weight excluding hydrogens is 470 g/mol. The van der Waals surface area contributed by atoms with Crippen LogP contribution >= 0.6 is 11.6 Å². The zero-order valence-corrected chi connectivity index (χ0v) is 19.9. The van der Waals surface area contributed by atoms with Gasteiger partial charge in [-0.05, 0) is 49.9 Å². The van der Waals surface area contributed by atoms with Gasteiger partial charge in [0.05, 0.1) is 28.6 Å². The van der Waals surface area contributed by atoms with Crippen molar-refractivity contribution in [3.05, 3.63) is 59.6 Å². The molecule has 3 aliphatic rings. The number of carbonyl (C=O) groups is 3. The molecule has 2 aromatic rings. The summed E-state index contributed by atoms with van der Waals surface area (Å²) in [5.41, 5.74) is 0.0191. The van der Waals surface area contributed by atoms with Crippen molar-refractivity contribution >= 4 is 40.7 Å². The molecule has 2 bridgehead atoms. The maximum atomic E-state index is 13.8. The van der Waals surface area contributed by atoms with Crippen molar-refractivity contribution in [2.75, 3.05) is 23.8 Å². The Morgan fingerprint density at radius 2 is 1.80 bits per heavy atom. The largest absolute Gasteiger partial charge is 0.396 e. The molecule has 3 amide bonds. The lowest BCUT2D eigenvalue weighted by Crippen LogP contribution is -2.53. The van der Waals surface area contributed by atoms with E-state index in [9.17, 15) is 19.5 Å². The van der Waals surface area contributed by atoms with Crippen LogP contribution < -0.4 is 10.6 Å². The van der Waals surface area contributed by atoms with E-state index in [-0.39, 0.29) is 24.3 Å². The van der Waals surface area contributed by atoms with E-state index >= 15 is 0 Å². The fraction of sp³-hybridized carbons (Fsp3) is 0.423. The molecule has 0 aliphatic carbocycles. The Kier molecular flexibility index (Phi) is 6.53. The van der Waals surface area contributed by atoms with Crippen molar-refractivity contribution in [1.82, 2.24) is 4.90 Å². The van der Waals surface area contributed by atoms with Crippen molar-refractivity contribution in [2.45, 2.75) is 43.4 Å². The molecule has 3 fully saturated rings. The Hall–Kier alpha value is -2.94. The second kappa shape index (κ2) is 9.60. The highest BCUT2D eigenvalue weighted by molar-refractivity contribution is 6.33. The van der Waals surface area contributed by atoms with Crippen LogP contribution in [0.5, 0.6) is 0 Å². The molecule has 0 radical (unpaired) electrons. The molecule has 35 heavy (non-hydrogen) atoms. The predicted octanol–water partition coefficient (Wildman–Crippen LogP) is 3.06. The summed E-state index contributed by atoms with van der Waals surface area (Å²) in [6.45, 7) is 0.285. The Bertz CT molecular complexity index is 1130. The molecule has 3 saturated heterocycles. The molecule has 5 atom stereocenters. The summed E-state index contributed by atoms with van der Waals surface area (Å²) in [7, 11) is 0. The van der Waals surface area contributed by atoms with Gasteiger partial charge in [0.15, 0.2) is 0 Å². The number of rotatable bonds is 8. The minimum absolute atomic E-state index is 0.00618. The van der Waals surface area contributed by atoms with Gasteiger partial charge in [-0.1, -0.05) is 41.9 Å². The van der Waals surface area contributed by atoms with Crippen molar-refractivity contribution in [3.8, 4) is 0 Å². The monoisotopic (exact) mass is 497 g/mol. The number of ether oxygens (including phenoxy) is 1. The summed E-state index contributed by atoms with van der Waals surface area (Å²) < 4.78 is 6.40. The fourth-order valence-corrected chi connectivity index (χ4v) is 6.08. The van der Waals surface area contributed by atoms with Crippen molar-refractivity contribution in [1.29, 1.82) is 0 Å². The highest BCUT2D eigenvalue weighted by Crippen LogP contribution is 2.58. The highest BCUT2D eigenvalue weighted by atomic mass is 35.5. The number of hydrogen-bond donors (Lipinski definition) is 3. The average Bonchev–Trinajstić information content (AvgIpc) is 3.49. The number of benzene rings is 2. The first kappa shape index (κ1) is 23.8. The molecule has 8 nitrogen and oxygen atoms in total. The van der Waals surface area contributed by atoms with E-state index in [1.54, 1.807) is 36.4 Å². The third-order valence-electron chi connectivity index (χ3n) is 7.33. The van der Waals surface area contributed by atoms with Gasteiger partial charge in [0.2, 0.25) is 17.7 Å². The number of amides is 3. The van der Waals surface area contributed by atoms with Crippen LogP contribution in [-0.2, 0) is 19.1 Å². The van der Waals surface area contributed by atoms with Crippen LogP contribution in [0, 0.1) is 11.8 Å². The van der Waals surface area contributed by atoms with Crippen LogP contribution in [0.25, 0.3) is 0 Å². The summed E-state index contributed by atoms with van der Waals surface area (Å²) in [6, 6.07) is 15.1. The summed E-state index contributed by atoms with van der Waals surface area (Å²) in [5, 5.41) is 15.4. The molecule has 184 valence electrons. The molecule has 2 aromatic carbocycles. The molecule has 0 saturated carbocycles. The first-order chi connectivity index (χ1) is 17.0. The Morgan fingerprint density at radius 1 is 1.06 bits per heavy atom. The second-order valence-corrected chi connectivity index (χ2v) is 9.75. The minimum Gasteiger partial charge on any atom is -0.396 e. The smallest absolute Gasteiger partial charge is 0.250 e. The summed E-state index contributed by atoms with van der Waals surface area (Å²) in [5.74, 6) is -2.35. The van der Waals surface area contributed by atoms with E-state index in [4.69, 9.17) is 16.3 Å². The van der Waals surface area contributed by atoms with Gasteiger partial charge < -0.3 is 25.4 Å². The van der Waals surface area contributed by atoms with Crippen LogP contribution in [0.2, 0.25) is 5.02 Å². The normalized spacial score (nSPS) is 28.7. The number of hydrogen-bond acceptors (Lipinski definition) is 5. The highest BCUT2D eigenvalue weighted by Gasteiger charge is 2.74. The average molecular weight is 498 g/mol. The molecule has 0 aromatic heterocycles. The van der Waals surface area contributed by atoms with Crippen molar-refractivity contribution in [3.63, 3.8) is 0 Å². The van der Waals surface area contributed by atoms with Gasteiger partial charge >= 0.3 is 0 Å². The quantitative estimate of drug-likeness (QED) is 0.486. The molecule has 2 unspecified atom stereocenters. The van der Waals surface area contributed by atoms with Gasteiger partial charge in [0.1, 0.15) is 11.6 Å². The fourth-order valence-electron chi connectivity index (χ4n) is 5.90. The van der Waals surface area contributed by atoms with E-state index in [2.05, 4.69) is 10.6 Å². The maximum absolute atomic E-state index is 13.8. The Balaban J connectivity index is 1.46. The molecule has 3 heterocycles. The van der Waals surface area contributed by atoms with Crippen molar-refractivity contribution in [2.24, 2.45) is 11.8 Å². The zero-order valence-electron chi connectivity index (χ0n) is 19.2. The van der Waals surface area contributed by atoms with E-state index in [1.807, 2.05) is 18.2 Å². The number of aliphatic hydroxyl groups is 1. The number of fused-ring (bicyclic) bond motifs is 1. The topological polar surface area (TPSA) is 108 Å². The standard InChI is InChI=1S/C26H28ClN3O5/c27-17-10-4-5-11-18(17)29-24(33)22-26-13-12-19(35-26)20(23(32)28-16-8-2-1-3-9-16)21(26)25(34)30(22)14-6-7-15-31/h1-5,8-11,19-22,31H,6-7,12-15H2,(H,28,32)(H,29,33)/t19-,20+,21+,22?,26?/m1/s1. The molecule has 3 N–H and O–H groups in total. The van der Waals surface area contributed by atoms with Crippen LogP contribution in [0.1, 0.15) is 25.7 Å². The molecule has 1 spiro atoms. The van der Waals surface area contributed by atoms with Gasteiger partial charge in [-0.3, -0.25) is 14.4 Å². The number of nitrogens with one attached hydrogen (secondary N) is 2. The number of nitrogens with zero attached hydrogens (tertiary/aromatic N) is 1. The van der Waals surface area contributed by atoms with Gasteiger partial charge in [0.25, 0.3) is 0 Å². The van der Waals surface area contributed by atoms with Crippen molar-refractivity contribution < 1.29 is 24.2 Å². The van der Waals surface area contributed by atoms with Crippen LogP contribution in [0.15, 0.2) is 54.6 Å². The van der Waals surface area contributed by atoms with Crippen LogP contribution in [0.3, 0.4) is 0 Å². The first-order valence-electron chi connectivity index (χ1n) is 12.0. The number of halogens is 1. The Labute approximate surface area is 208 Å². The van der Waals surface area contributed by atoms with Gasteiger partial charge in [-0.2, -0.15) is 0 Å². The van der Waals surface area contributed by atoms with Crippen LogP contribution in [-0.4, -0.2) is 58.6 Å². The van der Waals surface area contributed by atoms with Gasteiger partial charge in [-0.15, -0.1) is 0 Å². The molecule has 3 aliphatic heterocycles. The van der Waals surface area contributed by atoms with E-state index in [1.165, 1.54) is 4.90 Å². The summed E-state index contributed by atoms with van der Waals surface area (Å²) in [6.07, 6.45) is 1.72. The lowest BCUT2D eigenvalue weighted by molar-refractivity contribution is -0.139. The summed E-state index contributed by atoms with van der Waals surface area (Å²) >= 11 is 6.27. The van der Waals surface area contributed by atoms with E-state index in [0.717, 1.165) is 0 Å². The third-order valence-corrected chi connectivity index (χ3v) is 7.66. The first-order valence-corrected chi connectivity index (χ1v) is 12.3. The minimum atomic E-state index is -1.08. The molecule has 9 heteroatoms.